The fourth-order valence-corrected chi connectivity index (χ4v) is 1.88. The molecule has 2 rings (SSSR count). The molecule has 1 N–H and O–H groups in total. The van der Waals surface area contributed by atoms with Crippen LogP contribution >= 0.6 is 0 Å². The van der Waals surface area contributed by atoms with Crippen LogP contribution in [-0.2, 0) is 11.3 Å². The maximum atomic E-state index is 5.82. The molecule has 0 aliphatic carbocycles. The largest absolute Gasteiger partial charge is 0.489 e. The normalized spacial score (nSPS) is 20.1. The van der Waals surface area contributed by atoms with Crippen LogP contribution < -0.4 is 10.1 Å². The summed E-state index contributed by atoms with van der Waals surface area (Å²) in [4.78, 5) is 6.44. The summed E-state index contributed by atoms with van der Waals surface area (Å²) in [5, 5.41) is 3.29. The maximum absolute atomic E-state index is 5.82. The Morgan fingerprint density at radius 1 is 1.56 bits per heavy atom. The molecule has 1 saturated heterocycles. The van der Waals surface area contributed by atoms with Gasteiger partial charge in [0.2, 0.25) is 0 Å². The number of nitrogens with zero attached hydrogens (tertiary/aromatic N) is 2. The number of hydrogen-bond donors (Lipinski definition) is 1. The van der Waals surface area contributed by atoms with Crippen LogP contribution in [0.1, 0.15) is 5.69 Å². The molecule has 1 aliphatic heterocycles. The van der Waals surface area contributed by atoms with E-state index >= 15 is 0 Å². The lowest BCUT2D eigenvalue weighted by atomic mass is 10.3. The van der Waals surface area contributed by atoms with E-state index in [-0.39, 0.29) is 6.10 Å². The summed E-state index contributed by atoms with van der Waals surface area (Å²) in [7, 11) is 4.04. The van der Waals surface area contributed by atoms with Gasteiger partial charge in [-0.25, -0.2) is 0 Å². The lowest BCUT2D eigenvalue weighted by Gasteiger charge is -2.24. The predicted molar refractivity (Wildman–Crippen MR) is 69.7 cm³/mol. The smallest absolute Gasteiger partial charge is 0.142 e. The molecule has 0 bridgehead atoms. The fraction of sp³-hybridized carbons (Fsp3) is 0.615. The van der Waals surface area contributed by atoms with Gasteiger partial charge in [-0.05, 0) is 26.2 Å². The van der Waals surface area contributed by atoms with E-state index in [0.29, 0.717) is 6.61 Å². The molecule has 100 valence electrons. The molecule has 1 unspecified atom stereocenters. The first-order valence-corrected chi connectivity index (χ1v) is 6.29. The SMILES string of the molecule is CN(C)Cc1ncccc1OCC1CNCCO1. The molecule has 1 atom stereocenters. The van der Waals surface area contributed by atoms with Crippen molar-refractivity contribution >= 4 is 0 Å². The average molecular weight is 251 g/mol. The Labute approximate surface area is 108 Å². The van der Waals surface area contributed by atoms with Gasteiger partial charge >= 0.3 is 0 Å². The number of pyridine rings is 1. The first-order chi connectivity index (χ1) is 8.75. The van der Waals surface area contributed by atoms with E-state index in [1.165, 1.54) is 0 Å². The van der Waals surface area contributed by atoms with Gasteiger partial charge in [0.1, 0.15) is 18.5 Å². The Morgan fingerprint density at radius 3 is 3.17 bits per heavy atom. The predicted octanol–water partition coefficient (Wildman–Crippen LogP) is 0.510. The van der Waals surface area contributed by atoms with Crippen LogP contribution in [0.2, 0.25) is 0 Å². The van der Waals surface area contributed by atoms with Crippen molar-refractivity contribution in [3.8, 4) is 5.75 Å². The van der Waals surface area contributed by atoms with E-state index in [9.17, 15) is 0 Å². The number of rotatable bonds is 5. The number of hydrogen-bond acceptors (Lipinski definition) is 5. The van der Waals surface area contributed by atoms with E-state index < -0.39 is 0 Å². The van der Waals surface area contributed by atoms with E-state index in [2.05, 4.69) is 15.2 Å². The molecule has 0 aromatic carbocycles. The van der Waals surface area contributed by atoms with Gasteiger partial charge in [-0.3, -0.25) is 4.98 Å². The third-order valence-electron chi connectivity index (χ3n) is 2.74. The zero-order valence-corrected chi connectivity index (χ0v) is 11.1. The van der Waals surface area contributed by atoms with Gasteiger partial charge in [-0.1, -0.05) is 0 Å². The summed E-state index contributed by atoms with van der Waals surface area (Å²) in [6.07, 6.45) is 1.93. The Bertz CT molecular complexity index is 365. The molecule has 0 saturated carbocycles. The minimum Gasteiger partial charge on any atom is -0.489 e. The molecule has 18 heavy (non-hydrogen) atoms. The van der Waals surface area contributed by atoms with Crippen molar-refractivity contribution in [3.63, 3.8) is 0 Å². The molecule has 0 radical (unpaired) electrons. The van der Waals surface area contributed by atoms with Crippen LogP contribution in [0.5, 0.6) is 5.75 Å². The van der Waals surface area contributed by atoms with E-state index in [1.54, 1.807) is 6.20 Å². The lowest BCUT2D eigenvalue weighted by Crippen LogP contribution is -2.41. The second-order valence-electron chi connectivity index (χ2n) is 4.69. The van der Waals surface area contributed by atoms with Crippen molar-refractivity contribution in [3.05, 3.63) is 24.0 Å². The van der Waals surface area contributed by atoms with E-state index in [1.807, 2.05) is 26.2 Å². The monoisotopic (exact) mass is 251 g/mol. The summed E-state index contributed by atoms with van der Waals surface area (Å²) in [6, 6.07) is 3.86. The summed E-state index contributed by atoms with van der Waals surface area (Å²) in [5.74, 6) is 0.848. The zero-order valence-electron chi connectivity index (χ0n) is 11.1. The van der Waals surface area contributed by atoms with Crippen molar-refractivity contribution < 1.29 is 9.47 Å². The third kappa shape index (κ3) is 3.94. The third-order valence-corrected chi connectivity index (χ3v) is 2.74. The van der Waals surface area contributed by atoms with Crippen molar-refractivity contribution in [2.45, 2.75) is 12.6 Å². The highest BCUT2D eigenvalue weighted by molar-refractivity contribution is 5.26. The fourth-order valence-electron chi connectivity index (χ4n) is 1.88. The second-order valence-corrected chi connectivity index (χ2v) is 4.69. The van der Waals surface area contributed by atoms with Crippen LogP contribution in [0.25, 0.3) is 0 Å². The van der Waals surface area contributed by atoms with E-state index in [0.717, 1.165) is 37.7 Å². The molecule has 1 aliphatic rings. The summed E-state index contributed by atoms with van der Waals surface area (Å²) >= 11 is 0. The highest BCUT2D eigenvalue weighted by Crippen LogP contribution is 2.17. The number of ether oxygens (including phenoxy) is 2. The van der Waals surface area contributed by atoms with Gasteiger partial charge in [0.25, 0.3) is 0 Å². The molecular weight excluding hydrogens is 230 g/mol. The lowest BCUT2D eigenvalue weighted by molar-refractivity contribution is -0.000172. The van der Waals surface area contributed by atoms with E-state index in [4.69, 9.17) is 9.47 Å². The first kappa shape index (κ1) is 13.3. The Hall–Kier alpha value is -1.17. The molecule has 1 aromatic heterocycles. The zero-order chi connectivity index (χ0) is 12.8. The Kier molecular flexibility index (Phi) is 4.92. The van der Waals surface area contributed by atoms with Crippen molar-refractivity contribution in [2.75, 3.05) is 40.4 Å². The van der Waals surface area contributed by atoms with Crippen LogP contribution in [-0.4, -0.2) is 56.4 Å². The Balaban J connectivity index is 1.91. The highest BCUT2D eigenvalue weighted by Gasteiger charge is 2.15. The Morgan fingerprint density at radius 2 is 2.44 bits per heavy atom. The number of nitrogens with one attached hydrogen (secondary N) is 1. The quantitative estimate of drug-likeness (QED) is 0.826. The summed E-state index contributed by atoms with van der Waals surface area (Å²) < 4.78 is 11.4. The molecule has 1 fully saturated rings. The van der Waals surface area contributed by atoms with Crippen LogP contribution in [0.4, 0.5) is 0 Å². The van der Waals surface area contributed by atoms with Gasteiger partial charge in [-0.2, -0.15) is 0 Å². The second kappa shape index (κ2) is 6.68. The first-order valence-electron chi connectivity index (χ1n) is 6.29. The molecule has 5 heteroatoms. The molecule has 5 nitrogen and oxygen atoms in total. The standard InChI is InChI=1S/C13H21N3O2/c1-16(2)9-12-13(4-3-5-15-12)18-10-11-8-14-6-7-17-11/h3-5,11,14H,6-10H2,1-2H3. The van der Waals surface area contributed by atoms with Gasteiger partial charge in [-0.15, -0.1) is 0 Å². The molecular formula is C13H21N3O2. The average Bonchev–Trinajstić information content (AvgIpc) is 2.38. The van der Waals surface area contributed by atoms with Gasteiger partial charge < -0.3 is 19.7 Å². The molecule has 0 spiro atoms. The minimum atomic E-state index is 0.131. The van der Waals surface area contributed by atoms with Gasteiger partial charge in [0, 0.05) is 25.8 Å². The molecule has 2 heterocycles. The van der Waals surface area contributed by atoms with Crippen LogP contribution in [0.15, 0.2) is 18.3 Å². The summed E-state index contributed by atoms with van der Waals surface area (Å²) in [6.45, 7) is 3.88. The molecule has 1 aromatic rings. The highest BCUT2D eigenvalue weighted by atomic mass is 16.5. The number of morpholine rings is 1. The minimum absolute atomic E-state index is 0.131. The van der Waals surface area contributed by atoms with Crippen molar-refractivity contribution in [1.29, 1.82) is 0 Å². The maximum Gasteiger partial charge on any atom is 0.142 e. The number of aromatic nitrogens is 1. The van der Waals surface area contributed by atoms with Gasteiger partial charge in [0.05, 0.1) is 12.3 Å². The topological polar surface area (TPSA) is 46.6 Å². The van der Waals surface area contributed by atoms with Crippen molar-refractivity contribution in [2.24, 2.45) is 0 Å². The van der Waals surface area contributed by atoms with Gasteiger partial charge in [0.15, 0.2) is 0 Å². The molecule has 0 amide bonds. The van der Waals surface area contributed by atoms with Crippen LogP contribution in [0, 0.1) is 0 Å². The van der Waals surface area contributed by atoms with Crippen molar-refractivity contribution in [1.82, 2.24) is 15.2 Å². The van der Waals surface area contributed by atoms with Crippen LogP contribution in [0.3, 0.4) is 0 Å². The summed E-state index contributed by atoms with van der Waals surface area (Å²) in [5.41, 5.74) is 0.964.